The minimum Gasteiger partial charge on any atom is -0.273 e. The van der Waals surface area contributed by atoms with Gasteiger partial charge in [0.2, 0.25) is 0 Å². The van der Waals surface area contributed by atoms with Gasteiger partial charge in [-0.3, -0.25) is 6.08 Å². The largest absolute Gasteiger partial charge is 0.273 e. The van der Waals surface area contributed by atoms with Gasteiger partial charge in [-0.25, -0.2) is 6.08 Å². The fourth-order valence-electron chi connectivity index (χ4n) is 3.51. The number of benzene rings is 3. The molecule has 3 aromatic rings. The summed E-state index contributed by atoms with van der Waals surface area (Å²) in [5, 5.41) is 4.42. The number of rotatable bonds is 5. The van der Waals surface area contributed by atoms with Gasteiger partial charge in [-0.2, -0.15) is 11.6 Å². The second kappa shape index (κ2) is 18.4. The van der Waals surface area contributed by atoms with Crippen molar-refractivity contribution in [2.75, 3.05) is 0 Å². The van der Waals surface area contributed by atoms with Crippen LogP contribution in [-0.4, -0.2) is 8.80 Å². The van der Waals surface area contributed by atoms with E-state index in [9.17, 15) is 0 Å². The number of hydrogen-bond donors (Lipinski definition) is 0. The maximum atomic E-state index is 3.17. The summed E-state index contributed by atoms with van der Waals surface area (Å²) >= 11 is 0. The molecular formula is C27H32Cl3SiTi-. The molecule has 0 fully saturated rings. The van der Waals surface area contributed by atoms with Crippen molar-refractivity contribution in [3.05, 3.63) is 115 Å². The first-order valence-electron chi connectivity index (χ1n) is 10.2. The van der Waals surface area contributed by atoms with Crippen LogP contribution < -0.4 is 15.6 Å². The predicted molar refractivity (Wildman–Crippen MR) is 147 cm³/mol. The van der Waals surface area contributed by atoms with Crippen LogP contribution in [0.1, 0.15) is 26.7 Å². The Hall–Kier alpha value is -1.06. The van der Waals surface area contributed by atoms with Crippen LogP contribution in [0.5, 0.6) is 0 Å². The minimum absolute atomic E-state index is 0. The van der Waals surface area contributed by atoms with Gasteiger partial charge < -0.3 is 0 Å². The van der Waals surface area contributed by atoms with Gasteiger partial charge in [0.25, 0.3) is 0 Å². The Labute approximate surface area is 229 Å². The van der Waals surface area contributed by atoms with E-state index in [2.05, 4.69) is 123 Å². The Balaban J connectivity index is 0. The van der Waals surface area contributed by atoms with E-state index >= 15 is 0 Å². The Kier molecular flexibility index (Phi) is 19.0. The van der Waals surface area contributed by atoms with E-state index in [1.807, 2.05) is 0 Å². The maximum Gasteiger partial charge on any atom is 0.132 e. The number of halogens is 3. The summed E-state index contributed by atoms with van der Waals surface area (Å²) < 4.78 is 0. The van der Waals surface area contributed by atoms with Gasteiger partial charge in [0, 0.05) is 21.7 Å². The van der Waals surface area contributed by atoms with Gasteiger partial charge in [0.05, 0.1) is 0 Å². The molecule has 0 saturated heterocycles. The second-order valence-corrected chi connectivity index (χ2v) is 10.1. The molecule has 4 rings (SSSR count). The van der Waals surface area contributed by atoms with E-state index in [1.165, 1.54) is 27.6 Å². The standard InChI is InChI=1S/C18H16Si.C9H13.3ClH.Ti/c1-4-10-16(11-5-1)19(17-12-6-2-7-13-17)18-14-8-3-9-15-18;1-3-8(2)9-6-4-5-7-9;;;;/h1-15,19H;6-8H,3-4H2,1-2H3;3*1H;/q;-1;;;;. The van der Waals surface area contributed by atoms with Gasteiger partial charge in [0.15, 0.2) is 0 Å². The molecule has 0 nitrogen and oxygen atoms in total. The van der Waals surface area contributed by atoms with Crippen LogP contribution in [0.3, 0.4) is 0 Å². The average Bonchev–Trinajstić information content (AvgIpc) is 3.31. The Morgan fingerprint density at radius 2 is 1.09 bits per heavy atom. The Bertz CT molecular complexity index is 806. The topological polar surface area (TPSA) is 0 Å². The molecule has 0 aromatic heterocycles. The predicted octanol–water partition coefficient (Wildman–Crippen LogP) is 5.92. The first-order chi connectivity index (χ1) is 13.8. The van der Waals surface area contributed by atoms with E-state index < -0.39 is 8.80 Å². The molecule has 5 heteroatoms. The summed E-state index contributed by atoms with van der Waals surface area (Å²) in [5.41, 5.74) is 1.47. The number of allylic oxidation sites excluding steroid dienone is 4. The van der Waals surface area contributed by atoms with Crippen LogP contribution in [0, 0.1) is 12.0 Å². The molecule has 3 aromatic carbocycles. The molecule has 0 spiro atoms. The zero-order valence-electron chi connectivity index (χ0n) is 18.6. The zero-order chi connectivity index (χ0) is 19.6. The summed E-state index contributed by atoms with van der Waals surface area (Å²) in [6.07, 6.45) is 9.81. The van der Waals surface area contributed by atoms with Crippen molar-refractivity contribution in [2.45, 2.75) is 26.7 Å². The molecule has 0 aliphatic heterocycles. The summed E-state index contributed by atoms with van der Waals surface area (Å²) in [5.74, 6) is 0.736. The van der Waals surface area contributed by atoms with Crippen molar-refractivity contribution in [1.29, 1.82) is 0 Å². The fraction of sp³-hybridized carbons (Fsp3) is 0.185. The van der Waals surface area contributed by atoms with Crippen LogP contribution in [0.2, 0.25) is 0 Å². The molecule has 0 amide bonds. The Morgan fingerprint density at radius 1 is 0.719 bits per heavy atom. The van der Waals surface area contributed by atoms with E-state index in [1.54, 1.807) is 0 Å². The van der Waals surface area contributed by atoms with Crippen molar-refractivity contribution in [1.82, 2.24) is 0 Å². The van der Waals surface area contributed by atoms with Crippen LogP contribution in [-0.2, 0) is 21.7 Å². The molecule has 1 atom stereocenters. The normalized spacial score (nSPS) is 11.9. The molecule has 0 N–H and O–H groups in total. The summed E-state index contributed by atoms with van der Waals surface area (Å²) in [4.78, 5) is 0. The first-order valence-corrected chi connectivity index (χ1v) is 11.9. The van der Waals surface area contributed by atoms with E-state index in [0.717, 1.165) is 12.3 Å². The molecular weight excluding hydrogens is 507 g/mol. The molecule has 0 saturated carbocycles. The summed E-state index contributed by atoms with van der Waals surface area (Å²) in [6.45, 7) is 4.48. The quantitative estimate of drug-likeness (QED) is 0.215. The van der Waals surface area contributed by atoms with Gasteiger partial charge in [0.1, 0.15) is 8.80 Å². The zero-order valence-corrected chi connectivity index (χ0v) is 23.8. The van der Waals surface area contributed by atoms with Crippen LogP contribution >= 0.6 is 37.2 Å². The van der Waals surface area contributed by atoms with Crippen LogP contribution in [0.25, 0.3) is 0 Å². The van der Waals surface area contributed by atoms with Crippen molar-refractivity contribution < 1.29 is 21.7 Å². The molecule has 0 heterocycles. The van der Waals surface area contributed by atoms with Crippen molar-refractivity contribution in [2.24, 2.45) is 5.92 Å². The van der Waals surface area contributed by atoms with Crippen molar-refractivity contribution in [3.63, 3.8) is 0 Å². The van der Waals surface area contributed by atoms with E-state index in [-0.39, 0.29) is 58.9 Å². The van der Waals surface area contributed by atoms with Crippen molar-refractivity contribution >= 4 is 61.6 Å². The number of hydrogen-bond acceptors (Lipinski definition) is 0. The van der Waals surface area contributed by atoms with Gasteiger partial charge >= 0.3 is 0 Å². The third-order valence-corrected chi connectivity index (χ3v) is 8.46. The summed E-state index contributed by atoms with van der Waals surface area (Å²) in [7, 11) is -1.31. The molecule has 1 unspecified atom stereocenters. The minimum atomic E-state index is -1.31. The molecule has 170 valence electrons. The average molecular weight is 539 g/mol. The van der Waals surface area contributed by atoms with Crippen LogP contribution in [0.4, 0.5) is 0 Å². The SMILES string of the molecule is CCC(C)C1=CC[C-]=C1.Cl.Cl.Cl.[Ti].c1ccc([SiH](c2ccccc2)c2ccccc2)cc1. The van der Waals surface area contributed by atoms with Crippen molar-refractivity contribution in [3.8, 4) is 0 Å². The second-order valence-electron chi connectivity index (χ2n) is 7.23. The van der Waals surface area contributed by atoms with Gasteiger partial charge in [-0.05, 0) is 0 Å². The Morgan fingerprint density at radius 3 is 1.38 bits per heavy atom. The van der Waals surface area contributed by atoms with E-state index in [4.69, 9.17) is 0 Å². The monoisotopic (exact) mass is 537 g/mol. The third-order valence-electron chi connectivity index (χ3n) is 5.30. The molecule has 1 aliphatic carbocycles. The van der Waals surface area contributed by atoms with Gasteiger partial charge in [-0.15, -0.1) is 43.6 Å². The van der Waals surface area contributed by atoms with Crippen LogP contribution in [0.15, 0.2) is 109 Å². The molecule has 1 aliphatic rings. The smallest absolute Gasteiger partial charge is 0.132 e. The third kappa shape index (κ3) is 9.83. The molecule has 0 radical (unpaired) electrons. The van der Waals surface area contributed by atoms with Gasteiger partial charge in [-0.1, -0.05) is 133 Å². The maximum absolute atomic E-state index is 3.17. The summed E-state index contributed by atoms with van der Waals surface area (Å²) in [6, 6.07) is 32.7. The molecule has 0 bridgehead atoms. The molecule has 32 heavy (non-hydrogen) atoms. The first kappa shape index (κ1) is 33.1. The van der Waals surface area contributed by atoms with E-state index in [0.29, 0.717) is 0 Å². The fourth-order valence-corrected chi connectivity index (χ4v) is 6.48.